The van der Waals surface area contributed by atoms with Gasteiger partial charge in [0.15, 0.2) is 0 Å². The molecule has 7 heteroatoms. The number of carbonyl (C=O) groups excluding carboxylic acids is 1. The summed E-state index contributed by atoms with van der Waals surface area (Å²) in [5.41, 5.74) is 7.90. The largest absolute Gasteiger partial charge is 0.349 e. The van der Waals surface area contributed by atoms with Crippen LogP contribution in [-0.2, 0) is 0 Å². The van der Waals surface area contributed by atoms with E-state index in [9.17, 15) is 4.79 Å². The van der Waals surface area contributed by atoms with Crippen LogP contribution in [0, 0.1) is 6.92 Å². The van der Waals surface area contributed by atoms with Crippen LogP contribution in [0.4, 0.5) is 0 Å². The normalized spacial score (nSPS) is 19.9. The van der Waals surface area contributed by atoms with Crippen LogP contribution in [0.2, 0.25) is 0 Å². The fourth-order valence-electron chi connectivity index (χ4n) is 3.42. The Morgan fingerprint density at radius 2 is 1.92 bits per heavy atom. The highest BCUT2D eigenvalue weighted by molar-refractivity contribution is 7.20. The highest BCUT2D eigenvalue weighted by Crippen LogP contribution is 2.30. The summed E-state index contributed by atoms with van der Waals surface area (Å²) in [6.07, 6.45) is 3.90. The average Bonchev–Trinajstić information content (AvgIpc) is 3.19. The lowest BCUT2D eigenvalue weighted by Gasteiger charge is -2.26. The highest BCUT2D eigenvalue weighted by Gasteiger charge is 2.22. The first kappa shape index (κ1) is 18.9. The van der Waals surface area contributed by atoms with Crippen molar-refractivity contribution in [3.8, 4) is 5.69 Å². The van der Waals surface area contributed by atoms with E-state index in [2.05, 4.69) is 10.4 Å². The van der Waals surface area contributed by atoms with Gasteiger partial charge in [-0.3, -0.25) is 4.79 Å². The minimum absolute atomic E-state index is 0. The molecule has 1 aromatic carbocycles. The second-order valence-electron chi connectivity index (χ2n) is 6.75. The number of nitrogens with one attached hydrogen (secondary N) is 1. The van der Waals surface area contributed by atoms with Crippen molar-refractivity contribution in [2.75, 3.05) is 0 Å². The summed E-state index contributed by atoms with van der Waals surface area (Å²) in [5.74, 6) is 0.0145. The molecule has 4 rings (SSSR count). The lowest BCUT2D eigenvalue weighted by Crippen LogP contribution is -2.40. The molecule has 1 saturated carbocycles. The van der Waals surface area contributed by atoms with E-state index in [1.54, 1.807) is 0 Å². The van der Waals surface area contributed by atoms with Crippen molar-refractivity contribution in [1.29, 1.82) is 0 Å². The Morgan fingerprint density at radius 3 is 2.62 bits per heavy atom. The zero-order valence-corrected chi connectivity index (χ0v) is 16.3. The van der Waals surface area contributed by atoms with Crippen molar-refractivity contribution in [3.63, 3.8) is 0 Å². The van der Waals surface area contributed by atoms with Crippen molar-refractivity contribution >= 4 is 39.9 Å². The molecule has 138 valence electrons. The summed E-state index contributed by atoms with van der Waals surface area (Å²) < 4.78 is 1.92. The number of carbonyl (C=O) groups is 1. The van der Waals surface area contributed by atoms with E-state index in [4.69, 9.17) is 5.73 Å². The number of benzene rings is 1. The van der Waals surface area contributed by atoms with E-state index < -0.39 is 0 Å². The van der Waals surface area contributed by atoms with Crippen molar-refractivity contribution < 1.29 is 4.79 Å². The Bertz CT molecular complexity index is 897. The zero-order chi connectivity index (χ0) is 17.4. The van der Waals surface area contributed by atoms with Gasteiger partial charge < -0.3 is 11.1 Å². The molecule has 26 heavy (non-hydrogen) atoms. The maximum Gasteiger partial charge on any atom is 0.261 e. The molecular weight excluding hydrogens is 368 g/mol. The molecule has 1 aliphatic carbocycles. The number of nitrogens with zero attached hydrogens (tertiary/aromatic N) is 2. The second-order valence-corrected chi connectivity index (χ2v) is 7.78. The molecule has 0 radical (unpaired) electrons. The number of rotatable bonds is 3. The molecule has 2 heterocycles. The van der Waals surface area contributed by atoms with Gasteiger partial charge in [-0.2, -0.15) is 5.10 Å². The van der Waals surface area contributed by atoms with Gasteiger partial charge in [-0.15, -0.1) is 23.7 Å². The van der Waals surface area contributed by atoms with Gasteiger partial charge in [-0.25, -0.2) is 4.68 Å². The quantitative estimate of drug-likeness (QED) is 0.714. The van der Waals surface area contributed by atoms with Crippen LogP contribution in [0.1, 0.15) is 41.0 Å². The minimum Gasteiger partial charge on any atom is -0.349 e. The minimum atomic E-state index is 0. The van der Waals surface area contributed by atoms with Gasteiger partial charge in [0, 0.05) is 17.5 Å². The van der Waals surface area contributed by atoms with Crippen LogP contribution in [-0.4, -0.2) is 27.8 Å². The number of para-hydroxylation sites is 1. The Morgan fingerprint density at radius 1 is 1.23 bits per heavy atom. The lowest BCUT2D eigenvalue weighted by molar-refractivity contribution is 0.0930. The summed E-state index contributed by atoms with van der Waals surface area (Å²) in [4.78, 5) is 14.4. The van der Waals surface area contributed by atoms with E-state index in [0.717, 1.165) is 52.2 Å². The van der Waals surface area contributed by atoms with Crippen LogP contribution in [0.5, 0.6) is 0 Å². The van der Waals surface area contributed by atoms with Crippen molar-refractivity contribution in [3.05, 3.63) is 47.0 Å². The first-order valence-corrected chi connectivity index (χ1v) is 9.54. The number of nitrogens with two attached hydrogens (primary N) is 1. The number of thiophene rings is 1. The van der Waals surface area contributed by atoms with Crippen molar-refractivity contribution in [2.24, 2.45) is 5.73 Å². The van der Waals surface area contributed by atoms with Gasteiger partial charge in [-0.1, -0.05) is 18.2 Å². The average molecular weight is 391 g/mol. The van der Waals surface area contributed by atoms with E-state index >= 15 is 0 Å². The van der Waals surface area contributed by atoms with Crippen LogP contribution in [0.15, 0.2) is 36.4 Å². The number of hydrogen-bond donors (Lipinski definition) is 2. The van der Waals surface area contributed by atoms with Crippen LogP contribution in [0.3, 0.4) is 0 Å². The molecule has 2 aromatic heterocycles. The van der Waals surface area contributed by atoms with Crippen LogP contribution >= 0.6 is 23.7 Å². The molecule has 0 bridgehead atoms. The summed E-state index contributed by atoms with van der Waals surface area (Å²) >= 11 is 1.50. The molecular formula is C19H23ClN4OS. The number of hydrogen-bond acceptors (Lipinski definition) is 4. The first-order chi connectivity index (χ1) is 12.1. The molecule has 0 unspecified atom stereocenters. The third kappa shape index (κ3) is 3.63. The van der Waals surface area contributed by atoms with Crippen LogP contribution < -0.4 is 11.1 Å². The Kier molecular flexibility index (Phi) is 5.65. The third-order valence-corrected chi connectivity index (χ3v) is 5.99. The summed E-state index contributed by atoms with van der Waals surface area (Å²) in [7, 11) is 0. The van der Waals surface area contributed by atoms with E-state index in [-0.39, 0.29) is 30.4 Å². The molecule has 1 fully saturated rings. The SMILES string of the molecule is Cc1nn(-c2ccccc2)c2sc(C(=O)NC3CCC(N)CC3)cc12.Cl. The highest BCUT2D eigenvalue weighted by atomic mass is 35.5. The predicted molar refractivity (Wildman–Crippen MR) is 109 cm³/mol. The summed E-state index contributed by atoms with van der Waals surface area (Å²) in [6.45, 7) is 1.98. The van der Waals surface area contributed by atoms with Gasteiger partial charge in [0.1, 0.15) is 4.83 Å². The lowest BCUT2D eigenvalue weighted by atomic mass is 9.92. The Hall–Kier alpha value is -1.89. The molecule has 1 aliphatic rings. The molecule has 3 aromatic rings. The van der Waals surface area contributed by atoms with E-state index in [0.29, 0.717) is 0 Å². The van der Waals surface area contributed by atoms with Crippen LogP contribution in [0.25, 0.3) is 15.9 Å². The zero-order valence-electron chi connectivity index (χ0n) is 14.6. The monoisotopic (exact) mass is 390 g/mol. The fraction of sp³-hybridized carbons (Fsp3) is 0.368. The first-order valence-electron chi connectivity index (χ1n) is 8.73. The molecule has 0 atom stereocenters. The van der Waals surface area contributed by atoms with Gasteiger partial charge in [-0.05, 0) is 50.8 Å². The number of amides is 1. The fourth-order valence-corrected chi connectivity index (χ4v) is 4.51. The van der Waals surface area contributed by atoms with E-state index in [1.165, 1.54) is 11.3 Å². The standard InChI is InChI=1S/C19H22N4OS.ClH/c1-12-16-11-17(18(24)21-14-9-7-13(20)8-10-14)25-19(16)23(22-12)15-5-3-2-4-6-15;/h2-6,11,13-14H,7-10,20H2,1H3,(H,21,24);1H. The maximum absolute atomic E-state index is 12.7. The molecule has 5 nitrogen and oxygen atoms in total. The third-order valence-electron chi connectivity index (χ3n) is 4.88. The molecule has 0 aliphatic heterocycles. The number of fused-ring (bicyclic) bond motifs is 1. The van der Waals surface area contributed by atoms with Gasteiger partial charge in [0.05, 0.1) is 16.3 Å². The molecule has 3 N–H and O–H groups in total. The topological polar surface area (TPSA) is 72.9 Å². The Balaban J connectivity index is 0.00000196. The second kappa shape index (κ2) is 7.78. The smallest absolute Gasteiger partial charge is 0.261 e. The van der Waals surface area contributed by atoms with Gasteiger partial charge in [0.25, 0.3) is 5.91 Å². The van der Waals surface area contributed by atoms with Crippen molar-refractivity contribution in [2.45, 2.75) is 44.7 Å². The summed E-state index contributed by atoms with van der Waals surface area (Å²) in [5, 5.41) is 8.84. The predicted octanol–water partition coefficient (Wildman–Crippen LogP) is 3.82. The molecule has 1 amide bonds. The van der Waals surface area contributed by atoms with Gasteiger partial charge >= 0.3 is 0 Å². The van der Waals surface area contributed by atoms with Gasteiger partial charge in [0.2, 0.25) is 0 Å². The molecule has 0 spiro atoms. The maximum atomic E-state index is 12.7. The number of aryl methyl sites for hydroxylation is 1. The molecule has 0 saturated heterocycles. The Labute approximate surface area is 163 Å². The van der Waals surface area contributed by atoms with Crippen molar-refractivity contribution in [1.82, 2.24) is 15.1 Å². The number of aromatic nitrogens is 2. The van der Waals surface area contributed by atoms with E-state index in [1.807, 2.05) is 48.0 Å². The summed E-state index contributed by atoms with van der Waals surface area (Å²) in [6, 6.07) is 12.5. The number of halogens is 1.